The van der Waals surface area contributed by atoms with E-state index in [2.05, 4.69) is 17.3 Å². The summed E-state index contributed by atoms with van der Waals surface area (Å²) < 4.78 is 0. The van der Waals surface area contributed by atoms with Crippen molar-refractivity contribution in [1.29, 1.82) is 0 Å². The van der Waals surface area contributed by atoms with Crippen molar-refractivity contribution in [3.05, 3.63) is 0 Å². The van der Waals surface area contributed by atoms with Crippen molar-refractivity contribution >= 4 is 11.8 Å². The molecule has 5 heteroatoms. The molecule has 0 aliphatic carbocycles. The Bertz CT molecular complexity index is 227. The summed E-state index contributed by atoms with van der Waals surface area (Å²) in [6.45, 7) is 1.26. The lowest BCUT2D eigenvalue weighted by Crippen LogP contribution is -2.41. The van der Waals surface area contributed by atoms with E-state index < -0.39 is 11.8 Å². The molecule has 3 N–H and O–H groups in total. The van der Waals surface area contributed by atoms with Crippen molar-refractivity contribution in [3.63, 3.8) is 0 Å². The van der Waals surface area contributed by atoms with Crippen LogP contribution in [0, 0.1) is 11.8 Å². The van der Waals surface area contributed by atoms with Crippen LogP contribution in [0.15, 0.2) is 0 Å². The first-order valence-electron chi connectivity index (χ1n) is 3.33. The molecule has 0 aromatic carbocycles. The molecular formula is C7H10N2O3. The van der Waals surface area contributed by atoms with Gasteiger partial charge in [0.2, 0.25) is 5.91 Å². The standard InChI is InChI=1S/C7H10N2O3/c1-2-3-6(11)8-9-7(12)4-5-10/h10H,4-5H2,1H3,(H,8,11)(H,9,12). The highest BCUT2D eigenvalue weighted by molar-refractivity contribution is 5.94. The molecule has 0 aliphatic rings. The van der Waals surface area contributed by atoms with E-state index in [1.54, 1.807) is 0 Å². The van der Waals surface area contributed by atoms with Gasteiger partial charge in [0, 0.05) is 0 Å². The molecule has 0 aliphatic heterocycles. The molecule has 66 valence electrons. The van der Waals surface area contributed by atoms with E-state index in [9.17, 15) is 9.59 Å². The second kappa shape index (κ2) is 6.19. The topological polar surface area (TPSA) is 78.4 Å². The lowest BCUT2D eigenvalue weighted by Gasteiger charge is -2.01. The summed E-state index contributed by atoms with van der Waals surface area (Å²) in [5.41, 5.74) is 4.11. The number of amides is 2. The lowest BCUT2D eigenvalue weighted by molar-refractivity contribution is -0.126. The highest BCUT2D eigenvalue weighted by atomic mass is 16.3. The Kier molecular flexibility index (Phi) is 5.39. The molecule has 0 fully saturated rings. The van der Waals surface area contributed by atoms with Crippen molar-refractivity contribution in [2.45, 2.75) is 13.3 Å². The molecule has 0 radical (unpaired) electrons. The Balaban J connectivity index is 3.59. The average Bonchev–Trinajstić information content (AvgIpc) is 2.02. The second-order valence-electron chi connectivity index (χ2n) is 1.85. The number of nitrogens with one attached hydrogen (secondary N) is 2. The minimum atomic E-state index is -0.580. The van der Waals surface area contributed by atoms with Gasteiger partial charge in [-0.2, -0.15) is 0 Å². The maximum absolute atomic E-state index is 10.6. The molecule has 12 heavy (non-hydrogen) atoms. The fourth-order valence-corrected chi connectivity index (χ4v) is 0.435. The number of aliphatic hydroxyl groups is 1. The summed E-state index contributed by atoms with van der Waals surface area (Å²) in [4.78, 5) is 21.2. The molecular weight excluding hydrogens is 160 g/mol. The van der Waals surface area contributed by atoms with Gasteiger partial charge in [0.25, 0.3) is 0 Å². The first-order chi connectivity index (χ1) is 5.70. The number of hydrazine groups is 1. The highest BCUT2D eigenvalue weighted by Crippen LogP contribution is 1.72. The molecule has 0 unspecified atom stereocenters. The van der Waals surface area contributed by atoms with Crippen molar-refractivity contribution in [3.8, 4) is 11.8 Å². The van der Waals surface area contributed by atoms with Gasteiger partial charge in [0.1, 0.15) is 0 Å². The summed E-state index contributed by atoms with van der Waals surface area (Å²) in [6, 6.07) is 0. The van der Waals surface area contributed by atoms with Crippen molar-refractivity contribution in [2.24, 2.45) is 0 Å². The highest BCUT2D eigenvalue weighted by Gasteiger charge is 1.99. The van der Waals surface area contributed by atoms with E-state index in [1.165, 1.54) is 6.92 Å². The molecule has 0 heterocycles. The van der Waals surface area contributed by atoms with Crippen LogP contribution in [0.2, 0.25) is 0 Å². The Morgan fingerprint density at radius 1 is 1.42 bits per heavy atom. The van der Waals surface area contributed by atoms with Crippen LogP contribution in [-0.2, 0) is 9.59 Å². The van der Waals surface area contributed by atoms with E-state index in [4.69, 9.17) is 5.11 Å². The van der Waals surface area contributed by atoms with Gasteiger partial charge in [0.05, 0.1) is 13.0 Å². The predicted molar refractivity (Wildman–Crippen MR) is 41.4 cm³/mol. The van der Waals surface area contributed by atoms with Crippen molar-refractivity contribution in [2.75, 3.05) is 6.61 Å². The maximum atomic E-state index is 10.6. The van der Waals surface area contributed by atoms with E-state index in [0.717, 1.165) is 0 Å². The number of rotatable bonds is 2. The quantitative estimate of drug-likeness (QED) is 0.350. The van der Waals surface area contributed by atoms with Gasteiger partial charge in [-0.3, -0.25) is 20.4 Å². The molecule has 0 aromatic heterocycles. The van der Waals surface area contributed by atoms with E-state index in [1.807, 2.05) is 5.43 Å². The third-order valence-corrected chi connectivity index (χ3v) is 0.893. The van der Waals surface area contributed by atoms with Crippen LogP contribution in [0.25, 0.3) is 0 Å². The second-order valence-corrected chi connectivity index (χ2v) is 1.85. The molecule has 0 atom stereocenters. The molecule has 2 amide bonds. The van der Waals surface area contributed by atoms with Crippen LogP contribution in [0.1, 0.15) is 13.3 Å². The minimum Gasteiger partial charge on any atom is -0.396 e. The molecule has 0 bridgehead atoms. The monoisotopic (exact) mass is 170 g/mol. The van der Waals surface area contributed by atoms with Crippen LogP contribution in [0.4, 0.5) is 0 Å². The Hall–Kier alpha value is -1.54. The molecule has 0 saturated heterocycles. The normalized spacial score (nSPS) is 7.83. The van der Waals surface area contributed by atoms with Gasteiger partial charge >= 0.3 is 5.91 Å². The molecule has 0 aromatic rings. The SMILES string of the molecule is CC#CC(=O)NNC(=O)CCO. The Labute approximate surface area is 70.1 Å². The van der Waals surface area contributed by atoms with Crippen LogP contribution in [0.3, 0.4) is 0 Å². The maximum Gasteiger partial charge on any atom is 0.314 e. The summed E-state index contributed by atoms with van der Waals surface area (Å²) in [6.07, 6.45) is -0.0418. The summed E-state index contributed by atoms with van der Waals surface area (Å²) in [5, 5.41) is 8.30. The summed E-state index contributed by atoms with van der Waals surface area (Å²) in [5.74, 6) is 3.49. The first-order valence-corrected chi connectivity index (χ1v) is 3.33. The van der Waals surface area contributed by atoms with Gasteiger partial charge in [-0.25, -0.2) is 0 Å². The van der Waals surface area contributed by atoms with Crippen LogP contribution in [0.5, 0.6) is 0 Å². The van der Waals surface area contributed by atoms with Gasteiger partial charge in [0.15, 0.2) is 0 Å². The Morgan fingerprint density at radius 3 is 2.58 bits per heavy atom. The van der Waals surface area contributed by atoms with Crippen LogP contribution >= 0.6 is 0 Å². The number of hydrogen-bond donors (Lipinski definition) is 3. The number of hydrogen-bond acceptors (Lipinski definition) is 3. The summed E-state index contributed by atoms with van der Waals surface area (Å²) >= 11 is 0. The van der Waals surface area contributed by atoms with E-state index in [-0.39, 0.29) is 13.0 Å². The predicted octanol–water partition coefficient (Wildman–Crippen LogP) is -1.46. The van der Waals surface area contributed by atoms with Crippen LogP contribution in [-0.4, -0.2) is 23.5 Å². The molecule has 5 nitrogen and oxygen atoms in total. The van der Waals surface area contributed by atoms with E-state index >= 15 is 0 Å². The molecule has 0 spiro atoms. The zero-order valence-electron chi connectivity index (χ0n) is 6.68. The molecule has 0 rings (SSSR count). The van der Waals surface area contributed by atoms with Gasteiger partial charge in [-0.15, -0.1) is 0 Å². The minimum absolute atomic E-state index is 0.0418. The van der Waals surface area contributed by atoms with Crippen molar-refractivity contribution in [1.82, 2.24) is 10.9 Å². The van der Waals surface area contributed by atoms with Crippen molar-refractivity contribution < 1.29 is 14.7 Å². The third-order valence-electron chi connectivity index (χ3n) is 0.893. The zero-order chi connectivity index (χ0) is 9.40. The fraction of sp³-hybridized carbons (Fsp3) is 0.429. The van der Waals surface area contributed by atoms with E-state index in [0.29, 0.717) is 0 Å². The molecule has 0 saturated carbocycles. The number of carbonyl (C=O) groups excluding carboxylic acids is 2. The summed E-state index contributed by atoms with van der Waals surface area (Å²) in [7, 11) is 0. The van der Waals surface area contributed by atoms with Gasteiger partial charge in [-0.1, -0.05) is 5.92 Å². The van der Waals surface area contributed by atoms with Gasteiger partial charge in [-0.05, 0) is 12.8 Å². The number of aliphatic hydroxyl groups excluding tert-OH is 1. The largest absolute Gasteiger partial charge is 0.396 e. The Morgan fingerprint density at radius 2 is 2.08 bits per heavy atom. The average molecular weight is 170 g/mol. The first kappa shape index (κ1) is 10.5. The zero-order valence-corrected chi connectivity index (χ0v) is 6.68. The number of carbonyl (C=O) groups is 2. The smallest absolute Gasteiger partial charge is 0.314 e. The van der Waals surface area contributed by atoms with Crippen LogP contribution < -0.4 is 10.9 Å². The fourth-order valence-electron chi connectivity index (χ4n) is 0.435. The third kappa shape index (κ3) is 5.26. The lowest BCUT2D eigenvalue weighted by atomic mass is 10.4. The van der Waals surface area contributed by atoms with Gasteiger partial charge < -0.3 is 5.11 Å².